The monoisotopic (exact) mass is 339 g/mol. The Morgan fingerprint density at radius 1 is 1.45 bits per heavy atom. The summed E-state index contributed by atoms with van der Waals surface area (Å²) in [5, 5.41) is 6.82. The number of carbonyl (C=O) groups excluding carboxylic acids is 2. The van der Waals surface area contributed by atoms with Crippen LogP contribution in [0.2, 0.25) is 0 Å². The number of amides is 2. The second-order valence-corrected chi connectivity index (χ2v) is 9.03. The first-order valence-corrected chi connectivity index (χ1v) is 9.46. The molecule has 1 aromatic rings. The van der Waals surface area contributed by atoms with Gasteiger partial charge in [-0.3, -0.25) is 9.59 Å². The van der Waals surface area contributed by atoms with E-state index in [0.717, 1.165) is 24.3 Å². The summed E-state index contributed by atoms with van der Waals surface area (Å²) in [6.45, 7) is 4.33. The predicted octanol–water partition coefficient (Wildman–Crippen LogP) is 1.30. The van der Waals surface area contributed by atoms with Gasteiger partial charge in [0.15, 0.2) is 0 Å². The fourth-order valence-electron chi connectivity index (χ4n) is 2.64. The highest BCUT2D eigenvalue weighted by Gasteiger charge is 2.37. The summed E-state index contributed by atoms with van der Waals surface area (Å²) in [6.07, 6.45) is 4.24. The summed E-state index contributed by atoms with van der Waals surface area (Å²) in [5.41, 5.74) is 1.25. The summed E-state index contributed by atoms with van der Waals surface area (Å²) >= 11 is 3.30. The maximum absolute atomic E-state index is 12.1. The van der Waals surface area contributed by atoms with Crippen molar-refractivity contribution in [2.45, 2.75) is 50.3 Å². The van der Waals surface area contributed by atoms with Crippen LogP contribution in [0.3, 0.4) is 0 Å². The smallest absolute Gasteiger partial charge is 0.243 e. The highest BCUT2D eigenvalue weighted by molar-refractivity contribution is 8.01. The van der Waals surface area contributed by atoms with Crippen molar-refractivity contribution < 1.29 is 9.59 Å². The van der Waals surface area contributed by atoms with Crippen molar-refractivity contribution in [1.29, 1.82) is 0 Å². The Morgan fingerprint density at radius 3 is 3.00 bits per heavy atom. The van der Waals surface area contributed by atoms with Gasteiger partial charge in [-0.05, 0) is 33.1 Å². The molecule has 7 heteroatoms. The van der Waals surface area contributed by atoms with Crippen LogP contribution in [-0.4, -0.2) is 39.9 Å². The van der Waals surface area contributed by atoms with Crippen LogP contribution in [0.1, 0.15) is 35.8 Å². The molecule has 3 rings (SSSR count). The van der Waals surface area contributed by atoms with E-state index in [1.807, 2.05) is 13.8 Å². The number of rotatable bonds is 4. The Labute approximate surface area is 138 Å². The average Bonchev–Trinajstić information content (AvgIpc) is 3.02. The van der Waals surface area contributed by atoms with Crippen LogP contribution in [0.5, 0.6) is 0 Å². The van der Waals surface area contributed by atoms with E-state index in [0.29, 0.717) is 12.3 Å². The first-order valence-electron chi connectivity index (χ1n) is 7.66. The van der Waals surface area contributed by atoms with Gasteiger partial charge in [-0.15, -0.1) is 23.1 Å². The lowest BCUT2D eigenvalue weighted by molar-refractivity contribution is -0.129. The zero-order valence-corrected chi connectivity index (χ0v) is 14.5. The number of hydrogen-bond donors (Lipinski definition) is 2. The minimum Gasteiger partial charge on any atom is -0.354 e. The number of aryl methyl sites for hydroxylation is 2. The normalized spacial score (nSPS) is 23.0. The summed E-state index contributed by atoms with van der Waals surface area (Å²) < 4.78 is -0.446. The molecule has 2 aliphatic rings. The number of nitrogens with one attached hydrogen (secondary N) is 2. The minimum atomic E-state index is -0.446. The highest BCUT2D eigenvalue weighted by atomic mass is 32.2. The molecular formula is C15H21N3O2S2. The van der Waals surface area contributed by atoms with Crippen LogP contribution in [0, 0.1) is 0 Å². The molecule has 2 amide bonds. The molecule has 1 atom stereocenters. The highest BCUT2D eigenvalue weighted by Crippen LogP contribution is 2.29. The molecule has 0 bridgehead atoms. The number of thiazole rings is 1. The van der Waals surface area contributed by atoms with E-state index in [2.05, 4.69) is 15.6 Å². The van der Waals surface area contributed by atoms with Gasteiger partial charge in [0.05, 0.1) is 15.4 Å². The van der Waals surface area contributed by atoms with Gasteiger partial charge >= 0.3 is 0 Å². The maximum atomic E-state index is 12.1. The van der Waals surface area contributed by atoms with Crippen LogP contribution in [0.25, 0.3) is 0 Å². The third kappa shape index (κ3) is 3.30. The number of nitrogens with zero attached hydrogens (tertiary/aromatic N) is 1. The van der Waals surface area contributed by atoms with Gasteiger partial charge in [0.1, 0.15) is 6.04 Å². The molecule has 0 aromatic carbocycles. The Balaban J connectivity index is 1.45. The average molecular weight is 339 g/mol. The molecule has 120 valence electrons. The van der Waals surface area contributed by atoms with Gasteiger partial charge in [-0.25, -0.2) is 4.98 Å². The van der Waals surface area contributed by atoms with E-state index in [1.165, 1.54) is 28.8 Å². The molecule has 5 nitrogen and oxygen atoms in total. The molecule has 2 heterocycles. The molecule has 0 unspecified atom stereocenters. The van der Waals surface area contributed by atoms with E-state index < -0.39 is 10.8 Å². The van der Waals surface area contributed by atoms with Crippen LogP contribution < -0.4 is 10.6 Å². The maximum Gasteiger partial charge on any atom is 0.243 e. The van der Waals surface area contributed by atoms with Gasteiger partial charge in [0, 0.05) is 23.6 Å². The van der Waals surface area contributed by atoms with Gasteiger partial charge < -0.3 is 10.6 Å². The molecule has 1 saturated heterocycles. The van der Waals surface area contributed by atoms with Crippen LogP contribution in [0.15, 0.2) is 0 Å². The van der Waals surface area contributed by atoms with Crippen molar-refractivity contribution in [3.05, 3.63) is 15.6 Å². The van der Waals surface area contributed by atoms with Crippen LogP contribution >= 0.6 is 23.1 Å². The van der Waals surface area contributed by atoms with Crippen LogP contribution in [-0.2, 0) is 28.9 Å². The molecule has 1 aliphatic carbocycles. The molecule has 1 fully saturated rings. The molecule has 0 saturated carbocycles. The minimum absolute atomic E-state index is 0.0692. The Kier molecular flexibility index (Phi) is 4.45. The molecule has 1 aromatic heterocycles. The number of carbonyl (C=O) groups is 2. The number of thioether (sulfide) groups is 1. The Hall–Kier alpha value is -1.08. The van der Waals surface area contributed by atoms with Crippen molar-refractivity contribution in [2.75, 3.05) is 12.3 Å². The quantitative estimate of drug-likeness (QED) is 0.867. The summed E-state index contributed by atoms with van der Waals surface area (Å²) in [6, 6.07) is -0.424. The SMILES string of the molecule is CC1(C)SC[C@@H](C(=O)NCCc2nc3c(s2)CCC3)NC1=O. The second-order valence-electron chi connectivity index (χ2n) is 6.22. The van der Waals surface area contributed by atoms with E-state index in [9.17, 15) is 9.59 Å². The fourth-order valence-corrected chi connectivity index (χ4v) is 4.80. The standard InChI is InChI=1S/C15H21N3O2S2/c1-15(2)14(20)18-10(8-21-15)13(19)16-7-6-12-17-9-4-3-5-11(9)22-12/h10H,3-8H2,1-2H3,(H,16,19)(H,18,20)/t10-/m0/s1. The fraction of sp³-hybridized carbons (Fsp3) is 0.667. The van der Waals surface area contributed by atoms with E-state index in [-0.39, 0.29) is 11.8 Å². The van der Waals surface area contributed by atoms with Crippen molar-refractivity contribution in [2.24, 2.45) is 0 Å². The number of hydrogen-bond acceptors (Lipinski definition) is 5. The molecule has 0 radical (unpaired) electrons. The van der Waals surface area contributed by atoms with Gasteiger partial charge in [-0.2, -0.15) is 0 Å². The number of aromatic nitrogens is 1. The van der Waals surface area contributed by atoms with Gasteiger partial charge in [0.25, 0.3) is 0 Å². The first-order chi connectivity index (χ1) is 10.5. The lowest BCUT2D eigenvalue weighted by Crippen LogP contribution is -2.57. The third-order valence-electron chi connectivity index (χ3n) is 4.06. The van der Waals surface area contributed by atoms with Crippen molar-refractivity contribution in [1.82, 2.24) is 15.6 Å². The van der Waals surface area contributed by atoms with Gasteiger partial charge in [0.2, 0.25) is 11.8 Å². The predicted molar refractivity (Wildman–Crippen MR) is 89.3 cm³/mol. The molecule has 1 aliphatic heterocycles. The lowest BCUT2D eigenvalue weighted by atomic mass is 10.1. The Morgan fingerprint density at radius 2 is 2.27 bits per heavy atom. The first kappa shape index (κ1) is 15.8. The van der Waals surface area contributed by atoms with E-state index >= 15 is 0 Å². The molecule has 0 spiro atoms. The van der Waals surface area contributed by atoms with E-state index in [1.54, 1.807) is 11.3 Å². The molecule has 2 N–H and O–H groups in total. The second kappa shape index (κ2) is 6.20. The number of fused-ring (bicyclic) bond motifs is 1. The van der Waals surface area contributed by atoms with Gasteiger partial charge in [-0.1, -0.05) is 0 Å². The zero-order valence-electron chi connectivity index (χ0n) is 12.9. The summed E-state index contributed by atoms with van der Waals surface area (Å²) in [4.78, 5) is 30.1. The Bertz CT molecular complexity index is 576. The lowest BCUT2D eigenvalue weighted by Gasteiger charge is -2.32. The van der Waals surface area contributed by atoms with Crippen molar-refractivity contribution >= 4 is 34.9 Å². The van der Waals surface area contributed by atoms with Crippen molar-refractivity contribution in [3.63, 3.8) is 0 Å². The zero-order chi connectivity index (χ0) is 15.7. The molecular weight excluding hydrogens is 318 g/mol. The summed E-state index contributed by atoms with van der Waals surface area (Å²) in [7, 11) is 0. The molecule has 22 heavy (non-hydrogen) atoms. The van der Waals surface area contributed by atoms with Crippen molar-refractivity contribution in [3.8, 4) is 0 Å². The van der Waals surface area contributed by atoms with E-state index in [4.69, 9.17) is 0 Å². The summed E-state index contributed by atoms with van der Waals surface area (Å²) in [5.74, 6) is 0.455. The topological polar surface area (TPSA) is 71.1 Å². The third-order valence-corrected chi connectivity index (χ3v) is 6.68. The largest absolute Gasteiger partial charge is 0.354 e. The van der Waals surface area contributed by atoms with Crippen LogP contribution in [0.4, 0.5) is 0 Å².